The van der Waals surface area contributed by atoms with Crippen molar-refractivity contribution in [3.8, 4) is 11.3 Å². The Bertz CT molecular complexity index is 1260. The minimum absolute atomic E-state index is 0.00461. The molecule has 0 aliphatic carbocycles. The van der Waals surface area contributed by atoms with Crippen LogP contribution in [0.1, 0.15) is 6.92 Å². The molecule has 0 fully saturated rings. The summed E-state index contributed by atoms with van der Waals surface area (Å²) in [5, 5.41) is 2.77. The molecular formula is C20H22F2N4O4S. The minimum atomic E-state index is -3.21. The Balaban J connectivity index is 2.06. The van der Waals surface area contributed by atoms with E-state index in [-0.39, 0.29) is 36.9 Å². The Hall–Kier alpha value is -2.92. The van der Waals surface area contributed by atoms with Gasteiger partial charge in [-0.15, -0.1) is 0 Å². The summed E-state index contributed by atoms with van der Waals surface area (Å²) in [5.41, 5.74) is 0.830. The molecule has 0 bridgehead atoms. The number of pyridine rings is 1. The molecule has 166 valence electrons. The lowest BCUT2D eigenvalue weighted by atomic mass is 10.1. The van der Waals surface area contributed by atoms with Crippen molar-refractivity contribution in [3.63, 3.8) is 0 Å². The number of hydrogen-bond donors (Lipinski definition) is 1. The van der Waals surface area contributed by atoms with Gasteiger partial charge in [-0.05, 0) is 37.3 Å². The number of nitrogens with zero attached hydrogens (tertiary/aromatic N) is 3. The molecule has 1 aromatic carbocycles. The molecule has 1 N–H and O–H groups in total. The highest BCUT2D eigenvalue weighted by Gasteiger charge is 2.15. The average Bonchev–Trinajstić information content (AvgIpc) is 2.71. The highest BCUT2D eigenvalue weighted by Crippen LogP contribution is 2.22. The van der Waals surface area contributed by atoms with Gasteiger partial charge in [0.1, 0.15) is 15.4 Å². The van der Waals surface area contributed by atoms with Gasteiger partial charge in [0.05, 0.1) is 24.6 Å². The van der Waals surface area contributed by atoms with Gasteiger partial charge in [0.15, 0.2) is 23.1 Å². The number of ether oxygens (including phenoxy) is 1. The summed E-state index contributed by atoms with van der Waals surface area (Å²) in [4.78, 5) is 21.7. The summed E-state index contributed by atoms with van der Waals surface area (Å²) in [6, 6.07) is 6.62. The van der Waals surface area contributed by atoms with Crippen molar-refractivity contribution in [2.45, 2.75) is 13.5 Å². The second-order valence-electron chi connectivity index (χ2n) is 6.84. The first-order valence-corrected chi connectivity index (χ1v) is 11.6. The quantitative estimate of drug-likeness (QED) is 0.497. The second kappa shape index (κ2) is 9.48. The number of anilines is 1. The summed E-state index contributed by atoms with van der Waals surface area (Å²) >= 11 is 0. The standard InChI is InChI=1S/C20H22F2N4O4S/c1-3-30-10-9-26-19-17(24-18(20(26)27)23-8-11-31(2,28)29)7-6-16(25-19)13-4-5-14(21)15(22)12-13/h4-7,12H,3,8-11H2,1-2H3,(H,23,24). The van der Waals surface area contributed by atoms with Crippen LogP contribution in [0.2, 0.25) is 0 Å². The molecule has 0 saturated carbocycles. The molecule has 11 heteroatoms. The molecule has 3 aromatic rings. The number of hydrogen-bond acceptors (Lipinski definition) is 7. The molecule has 0 aliphatic heterocycles. The monoisotopic (exact) mass is 452 g/mol. The lowest BCUT2D eigenvalue weighted by Crippen LogP contribution is -2.29. The smallest absolute Gasteiger partial charge is 0.295 e. The van der Waals surface area contributed by atoms with Gasteiger partial charge in [0.25, 0.3) is 5.56 Å². The minimum Gasteiger partial charge on any atom is -0.380 e. The fourth-order valence-corrected chi connectivity index (χ4v) is 3.39. The van der Waals surface area contributed by atoms with Gasteiger partial charge >= 0.3 is 0 Å². The topological polar surface area (TPSA) is 103 Å². The molecule has 0 aliphatic rings. The van der Waals surface area contributed by atoms with E-state index in [0.717, 1.165) is 18.4 Å². The molecule has 0 amide bonds. The zero-order valence-corrected chi connectivity index (χ0v) is 17.9. The normalized spacial score (nSPS) is 11.7. The van der Waals surface area contributed by atoms with Gasteiger partial charge in [-0.25, -0.2) is 27.2 Å². The van der Waals surface area contributed by atoms with E-state index >= 15 is 0 Å². The van der Waals surface area contributed by atoms with E-state index in [1.807, 2.05) is 6.92 Å². The van der Waals surface area contributed by atoms with E-state index in [4.69, 9.17) is 4.74 Å². The van der Waals surface area contributed by atoms with Crippen molar-refractivity contribution in [1.82, 2.24) is 14.5 Å². The number of halogens is 2. The van der Waals surface area contributed by atoms with Crippen LogP contribution in [0.5, 0.6) is 0 Å². The predicted molar refractivity (Wildman–Crippen MR) is 114 cm³/mol. The molecule has 2 heterocycles. The fraction of sp³-hybridized carbons (Fsp3) is 0.350. The van der Waals surface area contributed by atoms with Crippen molar-refractivity contribution in [3.05, 3.63) is 52.3 Å². The third kappa shape index (κ3) is 5.61. The van der Waals surface area contributed by atoms with E-state index in [9.17, 15) is 22.0 Å². The van der Waals surface area contributed by atoms with Crippen molar-refractivity contribution in [2.24, 2.45) is 0 Å². The maximum Gasteiger partial charge on any atom is 0.295 e. The van der Waals surface area contributed by atoms with E-state index in [0.29, 0.717) is 23.4 Å². The molecule has 0 unspecified atom stereocenters. The third-order valence-corrected chi connectivity index (χ3v) is 5.38. The molecule has 8 nitrogen and oxygen atoms in total. The van der Waals surface area contributed by atoms with Crippen LogP contribution in [0.3, 0.4) is 0 Å². The average molecular weight is 452 g/mol. The Morgan fingerprint density at radius 2 is 1.90 bits per heavy atom. The summed E-state index contributed by atoms with van der Waals surface area (Å²) in [6.45, 7) is 2.74. The predicted octanol–water partition coefficient (Wildman–Crippen LogP) is 2.23. The molecule has 0 saturated heterocycles. The Morgan fingerprint density at radius 3 is 2.58 bits per heavy atom. The maximum absolute atomic E-state index is 13.6. The lowest BCUT2D eigenvalue weighted by molar-refractivity contribution is 0.139. The number of sulfone groups is 1. The van der Waals surface area contributed by atoms with Crippen molar-refractivity contribution in [2.75, 3.05) is 37.1 Å². The van der Waals surface area contributed by atoms with Gasteiger partial charge in [0, 0.05) is 25.0 Å². The van der Waals surface area contributed by atoms with E-state index in [1.165, 1.54) is 10.6 Å². The van der Waals surface area contributed by atoms with Crippen molar-refractivity contribution >= 4 is 26.8 Å². The zero-order valence-electron chi connectivity index (χ0n) is 17.1. The molecule has 0 spiro atoms. The second-order valence-corrected chi connectivity index (χ2v) is 9.10. The van der Waals surface area contributed by atoms with Gasteiger partial charge in [-0.2, -0.15) is 0 Å². The number of benzene rings is 1. The largest absolute Gasteiger partial charge is 0.380 e. The van der Waals surface area contributed by atoms with E-state index in [1.54, 1.807) is 12.1 Å². The SMILES string of the molecule is CCOCCn1c(=O)c(NCCS(C)(=O)=O)nc2ccc(-c3ccc(F)c(F)c3)nc21. The highest BCUT2D eigenvalue weighted by molar-refractivity contribution is 7.90. The van der Waals surface area contributed by atoms with Crippen LogP contribution in [0.4, 0.5) is 14.6 Å². The van der Waals surface area contributed by atoms with Crippen LogP contribution in [-0.2, 0) is 21.1 Å². The van der Waals surface area contributed by atoms with E-state index < -0.39 is 27.0 Å². The van der Waals surface area contributed by atoms with Crippen LogP contribution in [0, 0.1) is 11.6 Å². The Labute approximate surface area is 177 Å². The van der Waals surface area contributed by atoms with Crippen LogP contribution >= 0.6 is 0 Å². The summed E-state index contributed by atoms with van der Waals surface area (Å²) in [7, 11) is -3.21. The van der Waals surface area contributed by atoms with Gasteiger partial charge in [-0.1, -0.05) is 0 Å². The summed E-state index contributed by atoms with van der Waals surface area (Å²) < 4.78 is 56.3. The fourth-order valence-electron chi connectivity index (χ4n) is 2.91. The number of nitrogens with one attached hydrogen (secondary N) is 1. The first kappa shape index (κ1) is 22.8. The number of aromatic nitrogens is 3. The molecule has 31 heavy (non-hydrogen) atoms. The van der Waals surface area contributed by atoms with Crippen molar-refractivity contribution < 1.29 is 21.9 Å². The summed E-state index contributed by atoms with van der Waals surface area (Å²) in [6.07, 6.45) is 1.10. The van der Waals surface area contributed by atoms with Gasteiger partial charge in [-0.3, -0.25) is 9.36 Å². The highest BCUT2D eigenvalue weighted by atomic mass is 32.2. The van der Waals surface area contributed by atoms with Crippen LogP contribution in [-0.4, -0.2) is 54.7 Å². The van der Waals surface area contributed by atoms with Crippen molar-refractivity contribution in [1.29, 1.82) is 0 Å². The zero-order chi connectivity index (χ0) is 22.6. The van der Waals surface area contributed by atoms with E-state index in [2.05, 4.69) is 15.3 Å². The summed E-state index contributed by atoms with van der Waals surface area (Å²) in [5.74, 6) is -2.13. The van der Waals surface area contributed by atoms with Gasteiger partial charge < -0.3 is 10.1 Å². The molecular weight excluding hydrogens is 430 g/mol. The van der Waals surface area contributed by atoms with Crippen LogP contribution in [0.15, 0.2) is 35.1 Å². The maximum atomic E-state index is 13.6. The number of fused-ring (bicyclic) bond motifs is 1. The lowest BCUT2D eigenvalue weighted by Gasteiger charge is -2.13. The third-order valence-electron chi connectivity index (χ3n) is 4.43. The molecule has 2 aromatic heterocycles. The Morgan fingerprint density at radius 1 is 1.13 bits per heavy atom. The first-order chi connectivity index (χ1) is 14.7. The van der Waals surface area contributed by atoms with Gasteiger partial charge in [0.2, 0.25) is 0 Å². The molecule has 0 radical (unpaired) electrons. The molecule has 3 rings (SSSR count). The molecule has 0 atom stereocenters. The number of rotatable bonds is 9. The van der Waals surface area contributed by atoms with Crippen LogP contribution < -0.4 is 10.9 Å². The van der Waals surface area contributed by atoms with Crippen LogP contribution in [0.25, 0.3) is 22.4 Å². The Kier molecular flexibility index (Phi) is 6.96. The first-order valence-electron chi connectivity index (χ1n) is 9.56.